The number of thiazole rings is 1. The Morgan fingerprint density at radius 1 is 1.27 bits per heavy atom. The lowest BCUT2D eigenvalue weighted by atomic mass is 10.2. The molecule has 1 aromatic carbocycles. The molecule has 0 fully saturated rings. The molecule has 1 amide bonds. The fraction of sp³-hybridized carbons (Fsp3) is 0.222. The van der Waals surface area contributed by atoms with Crippen LogP contribution in [0.1, 0.15) is 29.7 Å². The predicted molar refractivity (Wildman–Crippen MR) is 97.0 cm³/mol. The maximum atomic E-state index is 12.0. The minimum Gasteiger partial charge on any atom is -0.461 e. The molecule has 26 heavy (non-hydrogen) atoms. The smallest absolute Gasteiger partial charge is 0.357 e. The molecular weight excluding hydrogens is 354 g/mol. The standard InChI is InChI=1S/C18H17N3O4S/c1-2-24-17(23)13-11-26-18(20-13)21-15(22)8-9-16-19-10-14(25-16)12-6-4-3-5-7-12/h3-7,10-11H,2,8-9H2,1H3,(H,20,21,22). The SMILES string of the molecule is CCOC(=O)c1csc(NC(=O)CCc2ncc(-c3ccccc3)o2)n1. The minimum absolute atomic E-state index is 0.187. The fourth-order valence-corrected chi connectivity index (χ4v) is 2.89. The van der Waals surface area contributed by atoms with Gasteiger partial charge in [-0.3, -0.25) is 4.79 Å². The van der Waals surface area contributed by atoms with Crippen molar-refractivity contribution in [2.45, 2.75) is 19.8 Å². The van der Waals surface area contributed by atoms with Crippen LogP contribution in [0.15, 0.2) is 46.3 Å². The van der Waals surface area contributed by atoms with Gasteiger partial charge in [-0.1, -0.05) is 30.3 Å². The predicted octanol–water partition coefficient (Wildman–Crippen LogP) is 3.55. The van der Waals surface area contributed by atoms with Crippen LogP contribution in [0.4, 0.5) is 5.13 Å². The van der Waals surface area contributed by atoms with Crippen LogP contribution in [0.3, 0.4) is 0 Å². The first-order valence-electron chi connectivity index (χ1n) is 8.08. The molecular formula is C18H17N3O4S. The van der Waals surface area contributed by atoms with Gasteiger partial charge in [0.1, 0.15) is 0 Å². The third-order valence-corrected chi connectivity index (χ3v) is 4.17. The minimum atomic E-state index is -0.502. The first-order chi connectivity index (χ1) is 12.7. The van der Waals surface area contributed by atoms with E-state index in [2.05, 4.69) is 15.3 Å². The maximum absolute atomic E-state index is 12.0. The molecule has 2 heterocycles. The zero-order chi connectivity index (χ0) is 18.4. The first kappa shape index (κ1) is 17.8. The van der Waals surface area contributed by atoms with Crippen molar-refractivity contribution in [1.29, 1.82) is 0 Å². The Labute approximate surface area is 154 Å². The van der Waals surface area contributed by atoms with Gasteiger partial charge in [0.05, 0.1) is 12.8 Å². The molecule has 0 unspecified atom stereocenters. The molecule has 3 rings (SSSR count). The summed E-state index contributed by atoms with van der Waals surface area (Å²) in [6, 6.07) is 9.63. The summed E-state index contributed by atoms with van der Waals surface area (Å²) >= 11 is 1.17. The summed E-state index contributed by atoms with van der Waals surface area (Å²) in [5.41, 5.74) is 1.12. The van der Waals surface area contributed by atoms with Crippen LogP contribution in [0.2, 0.25) is 0 Å². The highest BCUT2D eigenvalue weighted by Crippen LogP contribution is 2.21. The highest BCUT2D eigenvalue weighted by atomic mass is 32.1. The van der Waals surface area contributed by atoms with Crippen LogP contribution in [-0.4, -0.2) is 28.5 Å². The Balaban J connectivity index is 1.52. The van der Waals surface area contributed by atoms with Gasteiger partial charge in [-0.05, 0) is 6.92 Å². The van der Waals surface area contributed by atoms with Gasteiger partial charge in [-0.15, -0.1) is 11.3 Å². The lowest BCUT2D eigenvalue weighted by Crippen LogP contribution is -2.13. The molecule has 8 heteroatoms. The van der Waals surface area contributed by atoms with E-state index < -0.39 is 5.97 Å². The number of esters is 1. The van der Waals surface area contributed by atoms with Crippen molar-refractivity contribution in [1.82, 2.24) is 9.97 Å². The fourth-order valence-electron chi connectivity index (χ4n) is 2.19. The molecule has 0 saturated carbocycles. The number of hydrogen-bond donors (Lipinski definition) is 1. The molecule has 1 N–H and O–H groups in total. The van der Waals surface area contributed by atoms with Crippen LogP contribution in [0, 0.1) is 0 Å². The molecule has 0 radical (unpaired) electrons. The van der Waals surface area contributed by atoms with Gasteiger partial charge in [0.25, 0.3) is 0 Å². The van der Waals surface area contributed by atoms with Crippen LogP contribution in [0.5, 0.6) is 0 Å². The number of anilines is 1. The van der Waals surface area contributed by atoms with Crippen LogP contribution < -0.4 is 5.32 Å². The number of carbonyl (C=O) groups is 2. The summed E-state index contributed by atoms with van der Waals surface area (Å²) in [5, 5.41) is 4.57. The van der Waals surface area contributed by atoms with E-state index >= 15 is 0 Å². The van der Waals surface area contributed by atoms with Crippen molar-refractivity contribution < 1.29 is 18.7 Å². The van der Waals surface area contributed by atoms with Gasteiger partial charge in [0.2, 0.25) is 5.91 Å². The van der Waals surface area contributed by atoms with Crippen molar-refractivity contribution in [2.75, 3.05) is 11.9 Å². The Hall–Kier alpha value is -3.00. The molecule has 134 valence electrons. The maximum Gasteiger partial charge on any atom is 0.357 e. The summed E-state index contributed by atoms with van der Waals surface area (Å²) < 4.78 is 10.5. The van der Waals surface area contributed by atoms with Crippen LogP contribution in [0.25, 0.3) is 11.3 Å². The van der Waals surface area contributed by atoms with Gasteiger partial charge >= 0.3 is 5.97 Å². The Bertz CT molecular complexity index is 889. The number of rotatable bonds is 7. The molecule has 0 aliphatic heterocycles. The number of carbonyl (C=O) groups excluding carboxylic acids is 2. The molecule has 3 aromatic rings. The average Bonchev–Trinajstić information content (AvgIpc) is 3.30. The van der Waals surface area contributed by atoms with E-state index in [-0.39, 0.29) is 24.6 Å². The largest absolute Gasteiger partial charge is 0.461 e. The highest BCUT2D eigenvalue weighted by Gasteiger charge is 2.14. The number of nitrogens with one attached hydrogen (secondary N) is 1. The Morgan fingerprint density at radius 2 is 2.08 bits per heavy atom. The molecule has 7 nitrogen and oxygen atoms in total. The van der Waals surface area contributed by atoms with Crippen molar-refractivity contribution >= 4 is 28.3 Å². The van der Waals surface area contributed by atoms with Gasteiger partial charge < -0.3 is 14.5 Å². The van der Waals surface area contributed by atoms with Crippen LogP contribution in [-0.2, 0) is 16.0 Å². The second-order valence-electron chi connectivity index (χ2n) is 5.29. The number of aryl methyl sites for hydroxylation is 1. The Morgan fingerprint density at radius 3 is 2.85 bits per heavy atom. The highest BCUT2D eigenvalue weighted by molar-refractivity contribution is 7.14. The van der Waals surface area contributed by atoms with E-state index in [1.54, 1.807) is 18.5 Å². The lowest BCUT2D eigenvalue weighted by molar-refractivity contribution is -0.116. The van der Waals surface area contributed by atoms with Gasteiger partial charge in [-0.2, -0.15) is 0 Å². The Kier molecular flexibility index (Phi) is 5.75. The van der Waals surface area contributed by atoms with Gasteiger partial charge in [0.15, 0.2) is 22.5 Å². The van der Waals surface area contributed by atoms with E-state index in [1.165, 1.54) is 11.3 Å². The second-order valence-corrected chi connectivity index (χ2v) is 6.15. The van der Waals surface area contributed by atoms with E-state index in [1.807, 2.05) is 30.3 Å². The van der Waals surface area contributed by atoms with E-state index in [4.69, 9.17) is 9.15 Å². The van der Waals surface area contributed by atoms with Gasteiger partial charge in [-0.25, -0.2) is 14.8 Å². The third-order valence-electron chi connectivity index (χ3n) is 3.41. The summed E-state index contributed by atoms with van der Waals surface area (Å²) in [6.07, 6.45) is 2.22. The summed E-state index contributed by atoms with van der Waals surface area (Å²) in [7, 11) is 0. The summed E-state index contributed by atoms with van der Waals surface area (Å²) in [4.78, 5) is 31.8. The molecule has 0 spiro atoms. The number of ether oxygens (including phenoxy) is 1. The molecule has 0 aliphatic rings. The zero-order valence-electron chi connectivity index (χ0n) is 14.1. The summed E-state index contributed by atoms with van der Waals surface area (Å²) in [5.74, 6) is 0.428. The van der Waals surface area contributed by atoms with Crippen molar-refractivity contribution in [3.8, 4) is 11.3 Å². The molecule has 0 atom stereocenters. The molecule has 0 saturated heterocycles. The number of oxazole rings is 1. The molecule has 0 bridgehead atoms. The van der Waals surface area contributed by atoms with Gasteiger partial charge in [0, 0.05) is 23.8 Å². The average molecular weight is 371 g/mol. The van der Waals surface area contributed by atoms with E-state index in [0.29, 0.717) is 23.2 Å². The first-order valence-corrected chi connectivity index (χ1v) is 8.96. The third kappa shape index (κ3) is 4.54. The second kappa shape index (κ2) is 8.39. The quantitative estimate of drug-likeness (QED) is 0.638. The number of benzene rings is 1. The van der Waals surface area contributed by atoms with Crippen LogP contribution >= 0.6 is 11.3 Å². The zero-order valence-corrected chi connectivity index (χ0v) is 14.9. The number of hydrogen-bond acceptors (Lipinski definition) is 7. The monoisotopic (exact) mass is 371 g/mol. The number of aromatic nitrogens is 2. The normalized spacial score (nSPS) is 10.5. The summed E-state index contributed by atoms with van der Waals surface area (Å²) in [6.45, 7) is 2.00. The number of nitrogens with zero attached hydrogens (tertiary/aromatic N) is 2. The lowest BCUT2D eigenvalue weighted by Gasteiger charge is -2.00. The molecule has 2 aromatic heterocycles. The van der Waals surface area contributed by atoms with Crippen molar-refractivity contribution in [2.24, 2.45) is 0 Å². The van der Waals surface area contributed by atoms with Crippen molar-refractivity contribution in [3.05, 3.63) is 53.5 Å². The molecule has 0 aliphatic carbocycles. The number of amides is 1. The van der Waals surface area contributed by atoms with Crippen molar-refractivity contribution in [3.63, 3.8) is 0 Å². The topological polar surface area (TPSA) is 94.3 Å². The van der Waals surface area contributed by atoms with E-state index in [9.17, 15) is 9.59 Å². The van der Waals surface area contributed by atoms with E-state index in [0.717, 1.165) is 5.56 Å².